The van der Waals surface area contributed by atoms with Crippen molar-refractivity contribution in [2.45, 2.75) is 64.0 Å². The lowest BCUT2D eigenvalue weighted by atomic mass is 9.83. The van der Waals surface area contributed by atoms with Crippen LogP contribution in [0.15, 0.2) is 28.9 Å². The van der Waals surface area contributed by atoms with Crippen LogP contribution < -0.4 is 5.32 Å². The maximum atomic E-state index is 12.4. The summed E-state index contributed by atoms with van der Waals surface area (Å²) >= 11 is 0. The Morgan fingerprint density at radius 3 is 2.78 bits per heavy atom. The van der Waals surface area contributed by atoms with Crippen molar-refractivity contribution in [2.24, 2.45) is 0 Å². The first kappa shape index (κ1) is 19.0. The van der Waals surface area contributed by atoms with Gasteiger partial charge >= 0.3 is 5.97 Å². The van der Waals surface area contributed by atoms with Crippen LogP contribution in [0, 0.1) is 18.3 Å². The van der Waals surface area contributed by atoms with Crippen molar-refractivity contribution < 1.29 is 18.7 Å². The fourth-order valence-corrected chi connectivity index (χ4v) is 3.53. The van der Waals surface area contributed by atoms with Gasteiger partial charge in [0.15, 0.2) is 6.10 Å². The molecule has 0 unspecified atom stereocenters. The van der Waals surface area contributed by atoms with Crippen molar-refractivity contribution in [1.29, 1.82) is 5.26 Å². The predicted octanol–water partition coefficient (Wildman–Crippen LogP) is 3.56. The maximum absolute atomic E-state index is 12.4. The highest BCUT2D eigenvalue weighted by atomic mass is 16.5. The van der Waals surface area contributed by atoms with Crippen LogP contribution in [0.2, 0.25) is 0 Å². The molecule has 0 aliphatic heterocycles. The monoisotopic (exact) mass is 368 g/mol. The zero-order valence-electron chi connectivity index (χ0n) is 15.7. The smallest absolute Gasteiger partial charge is 0.311 e. The number of esters is 1. The highest BCUT2D eigenvalue weighted by molar-refractivity contribution is 5.88. The lowest BCUT2D eigenvalue weighted by molar-refractivity contribution is -0.154. The fraction of sp³-hybridized carbons (Fsp3) is 0.476. The van der Waals surface area contributed by atoms with Gasteiger partial charge in [0.05, 0.1) is 18.8 Å². The van der Waals surface area contributed by atoms with Gasteiger partial charge in [-0.15, -0.1) is 0 Å². The number of fused-ring (bicyclic) bond motifs is 1. The van der Waals surface area contributed by atoms with E-state index in [9.17, 15) is 14.9 Å². The topological polar surface area (TPSA) is 92.3 Å². The van der Waals surface area contributed by atoms with E-state index < -0.39 is 23.5 Å². The Hall–Kier alpha value is -2.81. The molecule has 0 bridgehead atoms. The highest BCUT2D eigenvalue weighted by Gasteiger charge is 2.35. The number of hydrogen-bond donors (Lipinski definition) is 1. The Morgan fingerprint density at radius 1 is 1.33 bits per heavy atom. The van der Waals surface area contributed by atoms with Crippen LogP contribution in [0.3, 0.4) is 0 Å². The number of nitriles is 1. The van der Waals surface area contributed by atoms with Crippen LogP contribution in [0.5, 0.6) is 0 Å². The van der Waals surface area contributed by atoms with Crippen LogP contribution in [0.25, 0.3) is 11.0 Å². The van der Waals surface area contributed by atoms with Crippen LogP contribution in [0.1, 0.15) is 50.2 Å². The molecular weight excluding hydrogens is 344 g/mol. The van der Waals surface area contributed by atoms with Gasteiger partial charge in [0, 0.05) is 10.9 Å². The quantitative estimate of drug-likeness (QED) is 0.815. The molecule has 1 aromatic heterocycles. The summed E-state index contributed by atoms with van der Waals surface area (Å²) in [6.45, 7) is 3.49. The molecule has 142 valence electrons. The van der Waals surface area contributed by atoms with Crippen LogP contribution in [-0.2, 0) is 20.7 Å². The van der Waals surface area contributed by atoms with Crippen LogP contribution in [-0.4, -0.2) is 23.5 Å². The number of carbonyl (C=O) groups is 2. The van der Waals surface area contributed by atoms with E-state index in [1.807, 2.05) is 25.1 Å². The average molecular weight is 368 g/mol. The molecule has 1 N–H and O–H groups in total. The van der Waals surface area contributed by atoms with E-state index in [4.69, 9.17) is 9.15 Å². The second-order valence-corrected chi connectivity index (χ2v) is 7.31. The molecule has 1 aliphatic carbocycles. The summed E-state index contributed by atoms with van der Waals surface area (Å²) in [6, 6.07) is 8.00. The van der Waals surface area contributed by atoms with Crippen LogP contribution >= 0.6 is 0 Å². The minimum Gasteiger partial charge on any atom is -0.464 e. The molecule has 0 spiro atoms. The average Bonchev–Trinajstić information content (AvgIpc) is 3.04. The Kier molecular flexibility index (Phi) is 5.50. The molecule has 0 saturated heterocycles. The van der Waals surface area contributed by atoms with Gasteiger partial charge in [-0.05, 0) is 38.3 Å². The van der Waals surface area contributed by atoms with Crippen molar-refractivity contribution in [2.75, 3.05) is 0 Å². The third kappa shape index (κ3) is 4.30. The van der Waals surface area contributed by atoms with Gasteiger partial charge in [-0.25, -0.2) is 0 Å². The number of ether oxygens (including phenoxy) is 1. The number of nitrogens with zero attached hydrogens (tertiary/aromatic N) is 1. The molecule has 0 radical (unpaired) electrons. The molecule has 1 aromatic carbocycles. The number of aryl methyl sites for hydroxylation is 1. The molecule has 3 rings (SSSR count). The second kappa shape index (κ2) is 7.83. The van der Waals surface area contributed by atoms with Gasteiger partial charge in [0.1, 0.15) is 11.1 Å². The lowest BCUT2D eigenvalue weighted by Crippen LogP contribution is -2.52. The molecule has 1 fully saturated rings. The van der Waals surface area contributed by atoms with E-state index in [1.165, 1.54) is 6.92 Å². The molecule has 6 nitrogen and oxygen atoms in total. The van der Waals surface area contributed by atoms with Crippen molar-refractivity contribution in [1.82, 2.24) is 5.32 Å². The predicted molar refractivity (Wildman–Crippen MR) is 99.8 cm³/mol. The summed E-state index contributed by atoms with van der Waals surface area (Å²) in [4.78, 5) is 24.7. The molecule has 1 atom stereocenters. The Bertz CT molecular complexity index is 887. The van der Waals surface area contributed by atoms with Gasteiger partial charge in [0.2, 0.25) is 0 Å². The normalized spacial score (nSPS) is 17.1. The van der Waals surface area contributed by atoms with Gasteiger partial charge in [-0.2, -0.15) is 5.26 Å². The van der Waals surface area contributed by atoms with E-state index >= 15 is 0 Å². The third-order valence-corrected chi connectivity index (χ3v) is 5.11. The number of nitrogens with one attached hydrogen (secondary N) is 1. The molecule has 1 amide bonds. The number of amides is 1. The summed E-state index contributed by atoms with van der Waals surface area (Å²) in [5.74, 6) is -0.935. The maximum Gasteiger partial charge on any atom is 0.311 e. The number of furan rings is 1. The third-order valence-electron chi connectivity index (χ3n) is 5.11. The largest absolute Gasteiger partial charge is 0.464 e. The van der Waals surface area contributed by atoms with Gasteiger partial charge in [0.25, 0.3) is 5.91 Å². The fourth-order valence-electron chi connectivity index (χ4n) is 3.53. The molecule has 2 aromatic rings. The summed E-state index contributed by atoms with van der Waals surface area (Å²) in [5.41, 5.74) is 1.68. The van der Waals surface area contributed by atoms with Crippen molar-refractivity contribution in [3.63, 3.8) is 0 Å². The van der Waals surface area contributed by atoms with Crippen molar-refractivity contribution in [3.05, 3.63) is 35.6 Å². The van der Waals surface area contributed by atoms with Gasteiger partial charge in [-0.1, -0.05) is 31.4 Å². The number of hydrogen-bond acceptors (Lipinski definition) is 5. The minimum absolute atomic E-state index is 0.0249. The summed E-state index contributed by atoms with van der Waals surface area (Å²) in [5, 5.41) is 13.1. The Morgan fingerprint density at radius 2 is 2.07 bits per heavy atom. The zero-order valence-corrected chi connectivity index (χ0v) is 15.7. The molecule has 27 heavy (non-hydrogen) atoms. The summed E-state index contributed by atoms with van der Waals surface area (Å²) in [6.07, 6.45) is 4.78. The zero-order chi connectivity index (χ0) is 19.4. The lowest BCUT2D eigenvalue weighted by Gasteiger charge is -2.32. The summed E-state index contributed by atoms with van der Waals surface area (Å²) < 4.78 is 10.8. The van der Waals surface area contributed by atoms with E-state index in [0.717, 1.165) is 41.4 Å². The van der Waals surface area contributed by atoms with Gasteiger partial charge in [-0.3, -0.25) is 9.59 Å². The molecule has 6 heteroatoms. The number of rotatable bonds is 5. The molecule has 1 aliphatic rings. The highest BCUT2D eigenvalue weighted by Crippen LogP contribution is 2.28. The standard InChI is InChI=1S/C21H24N2O4/c1-14-6-7-17-16(12-26-18(17)10-14)11-19(24)27-15(2)20(25)23-21(13-22)8-4-3-5-9-21/h6-7,10,12,15H,3-5,8-9,11H2,1-2H3,(H,23,25)/t15-/m1/s1. The first-order chi connectivity index (χ1) is 12.9. The minimum atomic E-state index is -0.954. The van der Waals surface area contributed by atoms with E-state index in [1.54, 1.807) is 6.26 Å². The van der Waals surface area contributed by atoms with E-state index in [0.29, 0.717) is 12.8 Å². The van der Waals surface area contributed by atoms with Crippen molar-refractivity contribution >= 4 is 22.8 Å². The van der Waals surface area contributed by atoms with E-state index in [-0.39, 0.29) is 6.42 Å². The summed E-state index contributed by atoms with van der Waals surface area (Å²) in [7, 11) is 0. The van der Waals surface area contributed by atoms with Crippen molar-refractivity contribution in [3.8, 4) is 6.07 Å². The first-order valence-corrected chi connectivity index (χ1v) is 9.32. The molecule has 1 saturated carbocycles. The first-order valence-electron chi connectivity index (χ1n) is 9.32. The van der Waals surface area contributed by atoms with Gasteiger partial charge < -0.3 is 14.5 Å². The van der Waals surface area contributed by atoms with E-state index in [2.05, 4.69) is 11.4 Å². The Labute approximate surface area is 158 Å². The molecule has 1 heterocycles. The second-order valence-electron chi connectivity index (χ2n) is 7.31. The van der Waals surface area contributed by atoms with Crippen LogP contribution in [0.4, 0.5) is 0 Å². The molecular formula is C21H24N2O4. The Balaban J connectivity index is 1.59. The number of benzene rings is 1. The SMILES string of the molecule is Cc1ccc2c(CC(=O)O[C@H](C)C(=O)NC3(C#N)CCCCC3)coc2c1. The number of carbonyl (C=O) groups excluding carboxylic acids is 2.